The Kier molecular flexibility index (Phi) is 4.24. The summed E-state index contributed by atoms with van der Waals surface area (Å²) in [6.45, 7) is 0. The molecule has 0 saturated heterocycles. The van der Waals surface area contributed by atoms with Crippen molar-refractivity contribution in [3.63, 3.8) is 0 Å². The van der Waals surface area contributed by atoms with Gasteiger partial charge in [-0.1, -0.05) is 30.3 Å². The minimum atomic E-state index is -1.01. The van der Waals surface area contributed by atoms with Crippen LogP contribution in [-0.4, -0.2) is 23.0 Å². The molecule has 4 nitrogen and oxygen atoms in total. The van der Waals surface area contributed by atoms with Crippen LogP contribution in [0, 0.1) is 0 Å². The van der Waals surface area contributed by atoms with E-state index in [1.807, 2.05) is 36.4 Å². The summed E-state index contributed by atoms with van der Waals surface area (Å²) in [4.78, 5) is 25.6. The van der Waals surface area contributed by atoms with Crippen LogP contribution in [0.3, 0.4) is 0 Å². The third kappa shape index (κ3) is 3.20. The van der Waals surface area contributed by atoms with Crippen LogP contribution in [-0.2, 0) is 24.1 Å². The van der Waals surface area contributed by atoms with Crippen molar-refractivity contribution in [3.8, 4) is 0 Å². The van der Waals surface area contributed by atoms with Crippen LogP contribution in [0.2, 0.25) is 0 Å². The Morgan fingerprint density at radius 1 is 1.23 bits per heavy atom. The van der Waals surface area contributed by atoms with Crippen LogP contribution in [0.4, 0.5) is 0 Å². The number of carbonyl (C=O) groups is 2. The predicted molar refractivity (Wildman–Crippen MR) is 85.4 cm³/mol. The molecule has 0 bridgehead atoms. The lowest BCUT2D eigenvalue weighted by atomic mass is 10.1. The van der Waals surface area contributed by atoms with E-state index in [1.165, 1.54) is 21.8 Å². The van der Waals surface area contributed by atoms with Crippen molar-refractivity contribution in [2.45, 2.75) is 31.7 Å². The minimum absolute atomic E-state index is 0.285. The predicted octanol–water partition coefficient (Wildman–Crippen LogP) is 2.66. The standard InChI is InChI=1S/C17H17NO3S/c19-16(15-10-12-7-4-8-14(12)22-15)18-13(17(20)21)9-11-5-2-1-3-6-11/h1-3,5-6,10,13H,4,7-9H2,(H,18,19)(H,20,21)/t13-/m0/s1. The molecule has 1 amide bonds. The zero-order valence-corrected chi connectivity index (χ0v) is 12.9. The maximum atomic E-state index is 12.3. The molecule has 0 fully saturated rings. The number of carboxylic acids is 1. The van der Waals surface area contributed by atoms with Gasteiger partial charge in [0, 0.05) is 11.3 Å². The van der Waals surface area contributed by atoms with E-state index in [-0.39, 0.29) is 12.3 Å². The molecule has 22 heavy (non-hydrogen) atoms. The lowest BCUT2D eigenvalue weighted by molar-refractivity contribution is -0.139. The van der Waals surface area contributed by atoms with Crippen molar-refractivity contribution in [1.82, 2.24) is 5.32 Å². The molecule has 1 heterocycles. The Bertz CT molecular complexity index is 672. The van der Waals surface area contributed by atoms with Crippen molar-refractivity contribution in [2.24, 2.45) is 0 Å². The molecule has 2 N–H and O–H groups in total. The van der Waals surface area contributed by atoms with E-state index < -0.39 is 12.0 Å². The molecule has 1 atom stereocenters. The van der Waals surface area contributed by atoms with Gasteiger partial charge in [-0.2, -0.15) is 0 Å². The second kappa shape index (κ2) is 6.32. The van der Waals surface area contributed by atoms with E-state index >= 15 is 0 Å². The van der Waals surface area contributed by atoms with E-state index in [9.17, 15) is 14.7 Å². The number of nitrogens with one attached hydrogen (secondary N) is 1. The molecule has 0 aliphatic heterocycles. The Labute approximate surface area is 132 Å². The largest absolute Gasteiger partial charge is 0.480 e. The van der Waals surface area contributed by atoms with E-state index in [2.05, 4.69) is 5.32 Å². The van der Waals surface area contributed by atoms with Crippen LogP contribution in [0.1, 0.15) is 32.1 Å². The van der Waals surface area contributed by atoms with Gasteiger partial charge in [0.25, 0.3) is 5.91 Å². The summed E-state index contributed by atoms with van der Waals surface area (Å²) in [6, 6.07) is 10.3. The van der Waals surface area contributed by atoms with Crippen molar-refractivity contribution >= 4 is 23.2 Å². The molecule has 2 aromatic rings. The first kappa shape index (κ1) is 14.8. The Morgan fingerprint density at radius 3 is 2.68 bits per heavy atom. The number of amides is 1. The van der Waals surface area contributed by atoms with Gasteiger partial charge in [0.2, 0.25) is 0 Å². The number of benzene rings is 1. The van der Waals surface area contributed by atoms with Gasteiger partial charge in [-0.3, -0.25) is 4.79 Å². The van der Waals surface area contributed by atoms with E-state index in [4.69, 9.17) is 0 Å². The van der Waals surface area contributed by atoms with Crippen LogP contribution < -0.4 is 5.32 Å². The highest BCUT2D eigenvalue weighted by Crippen LogP contribution is 2.30. The highest BCUT2D eigenvalue weighted by molar-refractivity contribution is 7.14. The summed E-state index contributed by atoms with van der Waals surface area (Å²) in [7, 11) is 0. The fourth-order valence-electron chi connectivity index (χ4n) is 2.72. The average molecular weight is 315 g/mol. The van der Waals surface area contributed by atoms with Gasteiger partial charge in [-0.15, -0.1) is 11.3 Å². The maximum absolute atomic E-state index is 12.3. The first-order valence-electron chi connectivity index (χ1n) is 7.32. The highest BCUT2D eigenvalue weighted by Gasteiger charge is 2.24. The topological polar surface area (TPSA) is 66.4 Å². The summed E-state index contributed by atoms with van der Waals surface area (Å²) in [5.41, 5.74) is 2.13. The zero-order chi connectivity index (χ0) is 15.5. The Morgan fingerprint density at radius 2 is 2.00 bits per heavy atom. The summed E-state index contributed by atoms with van der Waals surface area (Å²) in [5.74, 6) is -1.30. The molecule has 0 unspecified atom stereocenters. The monoisotopic (exact) mass is 315 g/mol. The molecule has 114 valence electrons. The van der Waals surface area contributed by atoms with Crippen LogP contribution in [0.25, 0.3) is 0 Å². The molecule has 0 spiro atoms. The number of fused-ring (bicyclic) bond motifs is 1. The number of hydrogen-bond donors (Lipinski definition) is 2. The van der Waals surface area contributed by atoms with Crippen molar-refractivity contribution in [1.29, 1.82) is 0 Å². The number of aliphatic carboxylic acids is 1. The number of carboxylic acid groups (broad SMARTS) is 1. The van der Waals surface area contributed by atoms with Gasteiger partial charge in [-0.05, 0) is 36.5 Å². The average Bonchev–Trinajstić information content (AvgIpc) is 3.08. The second-order valence-corrected chi connectivity index (χ2v) is 6.60. The quantitative estimate of drug-likeness (QED) is 0.891. The number of rotatable bonds is 5. The molecule has 1 aliphatic rings. The smallest absolute Gasteiger partial charge is 0.326 e. The zero-order valence-electron chi connectivity index (χ0n) is 12.0. The Balaban J connectivity index is 1.70. The molecule has 0 radical (unpaired) electrons. The van der Waals surface area contributed by atoms with Gasteiger partial charge in [0.1, 0.15) is 6.04 Å². The molecule has 1 aromatic heterocycles. The van der Waals surface area contributed by atoms with Crippen molar-refractivity contribution < 1.29 is 14.7 Å². The van der Waals surface area contributed by atoms with E-state index in [0.717, 1.165) is 24.8 Å². The molecule has 5 heteroatoms. The number of aryl methyl sites for hydroxylation is 2. The summed E-state index contributed by atoms with van der Waals surface area (Å²) in [6.07, 6.45) is 3.48. The van der Waals surface area contributed by atoms with Gasteiger partial charge in [0.15, 0.2) is 0 Å². The molecular formula is C17H17NO3S. The van der Waals surface area contributed by atoms with Gasteiger partial charge >= 0.3 is 5.97 Å². The first-order chi connectivity index (χ1) is 10.6. The van der Waals surface area contributed by atoms with Crippen molar-refractivity contribution in [2.75, 3.05) is 0 Å². The number of thiophene rings is 1. The maximum Gasteiger partial charge on any atom is 0.326 e. The van der Waals surface area contributed by atoms with Crippen LogP contribution in [0.15, 0.2) is 36.4 Å². The SMILES string of the molecule is O=C(N[C@@H](Cc1ccccc1)C(=O)O)c1cc2c(s1)CCC2. The normalized spacial score (nSPS) is 14.4. The number of carbonyl (C=O) groups excluding carboxylic acids is 1. The fraction of sp³-hybridized carbons (Fsp3) is 0.294. The molecule has 3 rings (SSSR count). The molecule has 0 saturated carbocycles. The first-order valence-corrected chi connectivity index (χ1v) is 8.14. The number of hydrogen-bond acceptors (Lipinski definition) is 3. The molecule has 1 aromatic carbocycles. The van der Waals surface area contributed by atoms with Crippen LogP contribution in [0.5, 0.6) is 0 Å². The van der Waals surface area contributed by atoms with Gasteiger partial charge in [0.05, 0.1) is 4.88 Å². The summed E-state index contributed by atoms with van der Waals surface area (Å²) >= 11 is 1.49. The fourth-order valence-corrected chi connectivity index (χ4v) is 3.88. The van der Waals surface area contributed by atoms with Gasteiger partial charge < -0.3 is 10.4 Å². The minimum Gasteiger partial charge on any atom is -0.480 e. The second-order valence-electron chi connectivity index (χ2n) is 5.47. The highest BCUT2D eigenvalue weighted by atomic mass is 32.1. The van der Waals surface area contributed by atoms with E-state index in [0.29, 0.717) is 4.88 Å². The third-order valence-corrected chi connectivity index (χ3v) is 5.09. The van der Waals surface area contributed by atoms with Crippen molar-refractivity contribution in [3.05, 3.63) is 57.3 Å². The lowest BCUT2D eigenvalue weighted by Gasteiger charge is -2.14. The third-order valence-electron chi connectivity index (χ3n) is 3.86. The molecular weight excluding hydrogens is 298 g/mol. The summed E-state index contributed by atoms with van der Waals surface area (Å²) < 4.78 is 0. The van der Waals surface area contributed by atoms with E-state index in [1.54, 1.807) is 0 Å². The summed E-state index contributed by atoms with van der Waals surface area (Å²) in [5, 5.41) is 12.0. The molecule has 1 aliphatic carbocycles. The Hall–Kier alpha value is -2.14. The van der Waals surface area contributed by atoms with Crippen LogP contribution >= 0.6 is 11.3 Å². The lowest BCUT2D eigenvalue weighted by Crippen LogP contribution is -2.42. The van der Waals surface area contributed by atoms with Gasteiger partial charge in [-0.25, -0.2) is 4.79 Å².